The first-order valence-electron chi connectivity index (χ1n) is 4.40. The van der Waals surface area contributed by atoms with Gasteiger partial charge in [0.1, 0.15) is 4.90 Å². The van der Waals surface area contributed by atoms with Crippen LogP contribution in [0.3, 0.4) is 0 Å². The minimum absolute atomic E-state index is 0.392. The first kappa shape index (κ1) is 15.1. The van der Waals surface area contributed by atoms with Gasteiger partial charge >= 0.3 is 5.97 Å². The Hall–Kier alpha value is -1.94. The minimum atomic E-state index is -4.55. The number of carboxylic acid groups (broad SMARTS) is 1. The van der Waals surface area contributed by atoms with Crippen LogP contribution in [0.25, 0.3) is 0 Å². The second-order valence-corrected chi connectivity index (χ2v) is 5.67. The maximum atomic E-state index is 13.5. The molecular formula is C8H5ClFNO7S. The lowest BCUT2D eigenvalue weighted by molar-refractivity contribution is -0.385. The van der Waals surface area contributed by atoms with Crippen LogP contribution in [0, 0.1) is 15.9 Å². The summed E-state index contributed by atoms with van der Waals surface area (Å²) in [6.07, 6.45) is 0. The Morgan fingerprint density at radius 2 is 2.11 bits per heavy atom. The summed E-state index contributed by atoms with van der Waals surface area (Å²) in [4.78, 5) is 18.7. The van der Waals surface area contributed by atoms with Gasteiger partial charge in [0.25, 0.3) is 14.7 Å². The smallest absolute Gasteiger partial charge is 0.341 e. The van der Waals surface area contributed by atoms with Crippen molar-refractivity contribution in [1.82, 2.24) is 0 Å². The van der Waals surface area contributed by atoms with Gasteiger partial charge in [-0.05, 0) is 0 Å². The first-order valence-corrected chi connectivity index (χ1v) is 6.71. The number of aliphatic carboxylic acids is 1. The molecule has 0 spiro atoms. The van der Waals surface area contributed by atoms with Crippen molar-refractivity contribution in [2.75, 3.05) is 6.61 Å². The molecule has 0 radical (unpaired) electrons. The van der Waals surface area contributed by atoms with E-state index >= 15 is 0 Å². The fraction of sp³-hybridized carbons (Fsp3) is 0.125. The van der Waals surface area contributed by atoms with Gasteiger partial charge in [0.05, 0.1) is 11.0 Å². The number of carbonyl (C=O) groups is 1. The predicted octanol–water partition coefficient (Wildman–Crippen LogP) is 1.12. The second-order valence-electron chi connectivity index (χ2n) is 3.13. The van der Waals surface area contributed by atoms with Crippen molar-refractivity contribution < 1.29 is 32.4 Å². The van der Waals surface area contributed by atoms with E-state index in [0.717, 1.165) is 0 Å². The van der Waals surface area contributed by atoms with E-state index in [2.05, 4.69) is 4.74 Å². The lowest BCUT2D eigenvalue weighted by Gasteiger charge is -2.08. The molecule has 1 aromatic rings. The Bertz CT molecular complexity index is 645. The lowest BCUT2D eigenvalue weighted by Crippen LogP contribution is -2.12. The summed E-state index contributed by atoms with van der Waals surface area (Å²) in [5.41, 5.74) is -0.862. The predicted molar refractivity (Wildman–Crippen MR) is 59.2 cm³/mol. The molecule has 0 bridgehead atoms. The number of nitrogens with zero attached hydrogens (tertiary/aromatic N) is 1. The zero-order chi connectivity index (χ0) is 14.8. The van der Waals surface area contributed by atoms with Gasteiger partial charge in [-0.2, -0.15) is 0 Å². The Morgan fingerprint density at radius 1 is 1.53 bits per heavy atom. The number of benzene rings is 1. The van der Waals surface area contributed by atoms with Gasteiger partial charge in [-0.15, -0.1) is 0 Å². The number of rotatable bonds is 5. The Morgan fingerprint density at radius 3 is 2.53 bits per heavy atom. The number of nitro benzene ring substituents is 1. The van der Waals surface area contributed by atoms with Crippen molar-refractivity contribution >= 4 is 31.4 Å². The summed E-state index contributed by atoms with van der Waals surface area (Å²) in [6.45, 7) is -1.03. The van der Waals surface area contributed by atoms with Crippen molar-refractivity contribution in [1.29, 1.82) is 0 Å². The minimum Gasteiger partial charge on any atom is -0.479 e. The molecule has 0 aromatic heterocycles. The average molecular weight is 314 g/mol. The number of hydrogen-bond donors (Lipinski definition) is 1. The molecule has 1 rings (SSSR count). The third-order valence-electron chi connectivity index (χ3n) is 1.81. The van der Waals surface area contributed by atoms with Crippen LogP contribution < -0.4 is 4.74 Å². The quantitative estimate of drug-likeness (QED) is 0.490. The molecule has 1 aromatic carbocycles. The number of nitro groups is 1. The molecule has 0 fully saturated rings. The SMILES string of the molecule is O=C(O)COc1c(F)cc([N+](=O)[O-])cc1S(=O)(=O)Cl. The van der Waals surface area contributed by atoms with Crippen molar-refractivity contribution in [3.63, 3.8) is 0 Å². The fourth-order valence-corrected chi connectivity index (χ4v) is 2.10. The van der Waals surface area contributed by atoms with Crippen LogP contribution in [-0.2, 0) is 13.8 Å². The van der Waals surface area contributed by atoms with Crippen LogP contribution in [0.15, 0.2) is 17.0 Å². The van der Waals surface area contributed by atoms with Crippen molar-refractivity contribution in [2.24, 2.45) is 0 Å². The van der Waals surface area contributed by atoms with E-state index in [1.165, 1.54) is 0 Å². The van der Waals surface area contributed by atoms with E-state index in [1.54, 1.807) is 0 Å². The monoisotopic (exact) mass is 313 g/mol. The van der Waals surface area contributed by atoms with Crippen LogP contribution in [0.5, 0.6) is 5.75 Å². The lowest BCUT2D eigenvalue weighted by atomic mass is 10.3. The highest BCUT2D eigenvalue weighted by Crippen LogP contribution is 2.33. The van der Waals surface area contributed by atoms with Crippen LogP contribution in [0.2, 0.25) is 0 Å². The van der Waals surface area contributed by atoms with Crippen molar-refractivity contribution in [2.45, 2.75) is 4.90 Å². The van der Waals surface area contributed by atoms with Crippen LogP contribution in [0.1, 0.15) is 0 Å². The van der Waals surface area contributed by atoms with Crippen LogP contribution in [-0.4, -0.2) is 31.0 Å². The Labute approximate surface area is 109 Å². The average Bonchev–Trinajstić information content (AvgIpc) is 2.24. The van der Waals surface area contributed by atoms with Gasteiger partial charge < -0.3 is 9.84 Å². The molecule has 104 valence electrons. The standard InChI is InChI=1S/C8H5ClFNO7S/c9-19(16,17)6-2-4(11(14)15)1-5(10)8(6)18-3-7(12)13/h1-2H,3H2,(H,12,13). The van der Waals surface area contributed by atoms with E-state index in [-0.39, 0.29) is 0 Å². The van der Waals surface area contributed by atoms with Crippen LogP contribution in [0.4, 0.5) is 10.1 Å². The number of non-ortho nitro benzene ring substituents is 1. The van der Waals surface area contributed by atoms with E-state index in [0.29, 0.717) is 12.1 Å². The Kier molecular flexibility index (Phi) is 4.27. The highest BCUT2D eigenvalue weighted by molar-refractivity contribution is 8.13. The summed E-state index contributed by atoms with van der Waals surface area (Å²) >= 11 is 0. The molecule has 0 unspecified atom stereocenters. The normalized spacial score (nSPS) is 11.1. The number of halogens is 2. The first-order chi connectivity index (χ1) is 8.62. The number of hydrogen-bond acceptors (Lipinski definition) is 6. The molecule has 0 heterocycles. The van der Waals surface area contributed by atoms with Gasteiger partial charge in [0.15, 0.2) is 18.2 Å². The zero-order valence-corrected chi connectivity index (χ0v) is 10.4. The van der Waals surface area contributed by atoms with Gasteiger partial charge in [-0.1, -0.05) is 0 Å². The maximum absolute atomic E-state index is 13.5. The molecule has 0 amide bonds. The Balaban J connectivity index is 3.44. The molecule has 0 aliphatic carbocycles. The van der Waals surface area contributed by atoms with E-state index in [1.807, 2.05) is 0 Å². The van der Waals surface area contributed by atoms with E-state index < -0.39 is 48.7 Å². The van der Waals surface area contributed by atoms with Gasteiger partial charge in [0.2, 0.25) is 0 Å². The molecule has 11 heteroatoms. The molecule has 0 aliphatic heterocycles. The van der Waals surface area contributed by atoms with E-state index in [4.69, 9.17) is 15.8 Å². The van der Waals surface area contributed by atoms with Crippen molar-refractivity contribution in [3.05, 3.63) is 28.1 Å². The third-order valence-corrected chi connectivity index (χ3v) is 3.14. The summed E-state index contributed by atoms with van der Waals surface area (Å²) in [5, 5.41) is 18.8. The summed E-state index contributed by atoms with van der Waals surface area (Å²) < 4.78 is 40.3. The molecule has 19 heavy (non-hydrogen) atoms. The molecule has 1 N–H and O–H groups in total. The maximum Gasteiger partial charge on any atom is 0.341 e. The molecule has 0 saturated heterocycles. The summed E-state index contributed by atoms with van der Waals surface area (Å²) in [5.74, 6) is -3.88. The fourth-order valence-electron chi connectivity index (χ4n) is 1.12. The van der Waals surface area contributed by atoms with Crippen LogP contribution >= 0.6 is 10.7 Å². The van der Waals surface area contributed by atoms with Gasteiger partial charge in [-0.3, -0.25) is 10.1 Å². The molecule has 0 saturated carbocycles. The van der Waals surface area contributed by atoms with Crippen molar-refractivity contribution in [3.8, 4) is 5.75 Å². The number of carboxylic acids is 1. The molecule has 8 nitrogen and oxygen atoms in total. The summed E-state index contributed by atoms with van der Waals surface area (Å²) in [7, 11) is 0.433. The largest absolute Gasteiger partial charge is 0.479 e. The third kappa shape index (κ3) is 3.76. The van der Waals surface area contributed by atoms with E-state index in [9.17, 15) is 27.7 Å². The topological polar surface area (TPSA) is 124 Å². The number of ether oxygens (including phenoxy) is 1. The second kappa shape index (κ2) is 5.36. The highest BCUT2D eigenvalue weighted by Gasteiger charge is 2.26. The summed E-state index contributed by atoms with van der Waals surface area (Å²) in [6, 6.07) is 0.866. The molecule has 0 atom stereocenters. The zero-order valence-electron chi connectivity index (χ0n) is 8.87. The molecular weight excluding hydrogens is 309 g/mol. The van der Waals surface area contributed by atoms with Gasteiger partial charge in [0, 0.05) is 16.7 Å². The molecule has 0 aliphatic rings. The van der Waals surface area contributed by atoms with Gasteiger partial charge in [-0.25, -0.2) is 17.6 Å². The highest BCUT2D eigenvalue weighted by atomic mass is 35.7.